The number of rotatable bonds is 2. The molecule has 0 fully saturated rings. The van der Waals surface area contributed by atoms with Crippen molar-refractivity contribution in [2.45, 2.75) is 25.9 Å². The first-order chi connectivity index (χ1) is 10.1. The molecular formula is C17H16BrNO2. The Morgan fingerprint density at radius 2 is 2.05 bits per heavy atom. The Morgan fingerprint density at radius 1 is 1.24 bits per heavy atom. The van der Waals surface area contributed by atoms with Crippen molar-refractivity contribution in [2.75, 3.05) is 5.32 Å². The van der Waals surface area contributed by atoms with Crippen LogP contribution >= 0.6 is 15.9 Å². The van der Waals surface area contributed by atoms with Gasteiger partial charge in [0.1, 0.15) is 5.75 Å². The fourth-order valence-electron chi connectivity index (χ4n) is 2.50. The molecule has 1 heterocycles. The third kappa shape index (κ3) is 3.10. The maximum Gasteiger partial charge on any atom is 0.265 e. The molecule has 0 radical (unpaired) electrons. The van der Waals surface area contributed by atoms with Gasteiger partial charge in [-0.1, -0.05) is 34.1 Å². The molecule has 1 N–H and O–H groups in total. The van der Waals surface area contributed by atoms with E-state index in [1.54, 1.807) is 0 Å². The molecule has 2 aromatic carbocycles. The third-order valence-electron chi connectivity index (χ3n) is 3.65. The molecule has 21 heavy (non-hydrogen) atoms. The van der Waals surface area contributed by atoms with Gasteiger partial charge in [0.05, 0.1) is 0 Å². The van der Waals surface area contributed by atoms with Crippen LogP contribution < -0.4 is 10.1 Å². The van der Waals surface area contributed by atoms with Gasteiger partial charge >= 0.3 is 0 Å². The van der Waals surface area contributed by atoms with Crippen molar-refractivity contribution in [3.63, 3.8) is 0 Å². The van der Waals surface area contributed by atoms with Crippen LogP contribution in [0.15, 0.2) is 46.9 Å². The standard InChI is InChI=1S/C17H16BrNO2/c1-11-10-13(18)7-9-15(11)21-16-8-6-12-4-2-3-5-14(12)19-17(16)20/h2-5,7,9-10,16H,6,8H2,1H3,(H,19,20). The molecule has 0 aliphatic carbocycles. The Hall–Kier alpha value is -1.81. The van der Waals surface area contributed by atoms with Gasteiger partial charge < -0.3 is 10.1 Å². The zero-order chi connectivity index (χ0) is 14.8. The van der Waals surface area contributed by atoms with Gasteiger partial charge in [-0.05, 0) is 55.2 Å². The van der Waals surface area contributed by atoms with Crippen molar-refractivity contribution in [1.29, 1.82) is 0 Å². The van der Waals surface area contributed by atoms with E-state index in [4.69, 9.17) is 4.74 Å². The number of anilines is 1. The predicted molar refractivity (Wildman–Crippen MR) is 86.7 cm³/mol. The lowest BCUT2D eigenvalue weighted by Gasteiger charge is -2.17. The molecule has 2 aromatic rings. The SMILES string of the molecule is Cc1cc(Br)ccc1OC1CCc2ccccc2NC1=O. The number of hydrogen-bond acceptors (Lipinski definition) is 2. The van der Waals surface area contributed by atoms with Gasteiger partial charge in [-0.3, -0.25) is 4.79 Å². The first kappa shape index (κ1) is 14.1. The number of nitrogens with one attached hydrogen (secondary N) is 1. The summed E-state index contributed by atoms with van der Waals surface area (Å²) < 4.78 is 6.94. The molecule has 1 unspecified atom stereocenters. The van der Waals surface area contributed by atoms with Gasteiger partial charge in [-0.25, -0.2) is 0 Å². The number of aryl methyl sites for hydroxylation is 2. The topological polar surface area (TPSA) is 38.3 Å². The molecule has 1 atom stereocenters. The minimum absolute atomic E-state index is 0.0812. The average molecular weight is 346 g/mol. The molecule has 1 aliphatic rings. The van der Waals surface area contributed by atoms with Crippen molar-refractivity contribution in [2.24, 2.45) is 0 Å². The van der Waals surface area contributed by atoms with Gasteiger partial charge in [0.25, 0.3) is 5.91 Å². The fraction of sp³-hybridized carbons (Fsp3) is 0.235. The maximum atomic E-state index is 12.3. The Balaban J connectivity index is 1.80. The molecule has 3 nitrogen and oxygen atoms in total. The summed E-state index contributed by atoms with van der Waals surface area (Å²) in [6, 6.07) is 13.7. The van der Waals surface area contributed by atoms with Crippen LogP contribution in [0.2, 0.25) is 0 Å². The van der Waals surface area contributed by atoms with Crippen molar-refractivity contribution in [3.05, 3.63) is 58.1 Å². The lowest BCUT2D eigenvalue weighted by Crippen LogP contribution is -2.32. The van der Waals surface area contributed by atoms with Crippen LogP contribution in [-0.4, -0.2) is 12.0 Å². The monoisotopic (exact) mass is 345 g/mol. The molecule has 0 bridgehead atoms. The highest BCUT2D eigenvalue weighted by atomic mass is 79.9. The second-order valence-electron chi connectivity index (χ2n) is 5.20. The van der Waals surface area contributed by atoms with Crippen LogP contribution in [0.3, 0.4) is 0 Å². The van der Waals surface area contributed by atoms with Crippen molar-refractivity contribution in [3.8, 4) is 5.75 Å². The number of fused-ring (bicyclic) bond motifs is 1. The van der Waals surface area contributed by atoms with Crippen molar-refractivity contribution >= 4 is 27.5 Å². The second-order valence-corrected chi connectivity index (χ2v) is 6.12. The summed E-state index contributed by atoms with van der Waals surface area (Å²) in [5.41, 5.74) is 3.06. The number of hydrogen-bond donors (Lipinski definition) is 1. The lowest BCUT2D eigenvalue weighted by atomic mass is 10.1. The van der Waals surface area contributed by atoms with Crippen LogP contribution in [0.1, 0.15) is 17.5 Å². The van der Waals surface area contributed by atoms with E-state index < -0.39 is 6.10 Å². The minimum atomic E-state index is -0.461. The predicted octanol–water partition coefficient (Wildman–Crippen LogP) is 4.09. The number of halogens is 1. The largest absolute Gasteiger partial charge is 0.480 e. The molecule has 0 aromatic heterocycles. The van der Waals surface area contributed by atoms with Crippen LogP contribution in [0.5, 0.6) is 5.75 Å². The first-order valence-corrected chi connectivity index (χ1v) is 7.74. The molecule has 1 aliphatic heterocycles. The normalized spacial score (nSPS) is 17.6. The molecule has 4 heteroatoms. The number of amides is 1. The molecular weight excluding hydrogens is 330 g/mol. The molecule has 3 rings (SSSR count). The van der Waals surface area contributed by atoms with E-state index in [9.17, 15) is 4.79 Å². The zero-order valence-corrected chi connectivity index (χ0v) is 13.3. The van der Waals surface area contributed by atoms with Gasteiger partial charge in [0, 0.05) is 10.2 Å². The van der Waals surface area contributed by atoms with E-state index in [1.807, 2.05) is 49.4 Å². The number of para-hydroxylation sites is 1. The van der Waals surface area contributed by atoms with Gasteiger partial charge in [-0.15, -0.1) is 0 Å². The first-order valence-electron chi connectivity index (χ1n) is 6.95. The third-order valence-corrected chi connectivity index (χ3v) is 4.14. The number of carbonyl (C=O) groups excluding carboxylic acids is 1. The number of benzene rings is 2. The van der Waals surface area contributed by atoms with Crippen molar-refractivity contribution in [1.82, 2.24) is 0 Å². The summed E-state index contributed by atoms with van der Waals surface area (Å²) in [5.74, 6) is 0.673. The summed E-state index contributed by atoms with van der Waals surface area (Å²) in [6.07, 6.45) is 1.05. The number of ether oxygens (including phenoxy) is 1. The molecule has 0 saturated heterocycles. The summed E-state index contributed by atoms with van der Waals surface area (Å²) in [4.78, 5) is 12.3. The Bertz CT molecular complexity index is 684. The Kier molecular flexibility index (Phi) is 3.97. The molecule has 1 amide bonds. The van der Waals surface area contributed by atoms with E-state index in [1.165, 1.54) is 0 Å². The molecule has 0 spiro atoms. The molecule has 108 valence electrons. The summed E-state index contributed by atoms with van der Waals surface area (Å²) in [5, 5.41) is 2.95. The van der Waals surface area contributed by atoms with Crippen LogP contribution in [-0.2, 0) is 11.2 Å². The lowest BCUT2D eigenvalue weighted by molar-refractivity contribution is -0.122. The number of carbonyl (C=O) groups is 1. The van der Waals surface area contributed by atoms with E-state index in [-0.39, 0.29) is 5.91 Å². The van der Waals surface area contributed by atoms with Gasteiger partial charge in [0.2, 0.25) is 0 Å². The quantitative estimate of drug-likeness (QED) is 0.890. The van der Waals surface area contributed by atoms with Crippen molar-refractivity contribution < 1.29 is 9.53 Å². The summed E-state index contributed by atoms with van der Waals surface area (Å²) in [7, 11) is 0. The van der Waals surface area contributed by atoms with Crippen LogP contribution in [0.25, 0.3) is 0 Å². The highest BCUT2D eigenvalue weighted by molar-refractivity contribution is 9.10. The minimum Gasteiger partial charge on any atom is -0.480 e. The Morgan fingerprint density at radius 3 is 2.86 bits per heavy atom. The van der Waals surface area contributed by atoms with E-state index >= 15 is 0 Å². The second kappa shape index (κ2) is 5.90. The Labute approximate surface area is 132 Å². The van der Waals surface area contributed by atoms with Gasteiger partial charge in [0.15, 0.2) is 6.10 Å². The van der Waals surface area contributed by atoms with E-state index in [2.05, 4.69) is 21.2 Å². The van der Waals surface area contributed by atoms with Crippen LogP contribution in [0.4, 0.5) is 5.69 Å². The maximum absolute atomic E-state index is 12.3. The molecule has 0 saturated carbocycles. The highest BCUT2D eigenvalue weighted by Gasteiger charge is 2.25. The smallest absolute Gasteiger partial charge is 0.265 e. The average Bonchev–Trinajstić information content (AvgIpc) is 2.61. The van der Waals surface area contributed by atoms with Gasteiger partial charge in [-0.2, -0.15) is 0 Å². The van der Waals surface area contributed by atoms with E-state index in [0.29, 0.717) is 6.42 Å². The zero-order valence-electron chi connectivity index (χ0n) is 11.7. The summed E-state index contributed by atoms with van der Waals surface area (Å²) >= 11 is 3.43. The van der Waals surface area contributed by atoms with Crippen LogP contribution in [0, 0.1) is 6.92 Å². The highest BCUT2D eigenvalue weighted by Crippen LogP contribution is 2.27. The fourth-order valence-corrected chi connectivity index (χ4v) is 2.98. The van der Waals surface area contributed by atoms with E-state index in [0.717, 1.165) is 33.5 Å². The summed E-state index contributed by atoms with van der Waals surface area (Å²) in [6.45, 7) is 1.98.